The summed E-state index contributed by atoms with van der Waals surface area (Å²) >= 11 is 3.76. The second kappa shape index (κ2) is 9.00. The van der Waals surface area contributed by atoms with E-state index in [0.717, 1.165) is 22.6 Å². The summed E-state index contributed by atoms with van der Waals surface area (Å²) in [7, 11) is 0. The second-order valence-electron chi connectivity index (χ2n) is 5.72. The van der Waals surface area contributed by atoms with E-state index in [2.05, 4.69) is 10.9 Å². The largest absolute Gasteiger partial charge is 0.483 e. The molecule has 0 bridgehead atoms. The van der Waals surface area contributed by atoms with E-state index < -0.39 is 5.91 Å². The molecule has 7 heteroatoms. The number of hydrogen-bond donors (Lipinski definition) is 2. The molecule has 1 heterocycles. The zero-order valence-electron chi connectivity index (χ0n) is 14.4. The third-order valence-electron chi connectivity index (χ3n) is 3.86. The van der Waals surface area contributed by atoms with E-state index in [1.54, 1.807) is 12.1 Å². The molecule has 1 aliphatic rings. The number of aryl methyl sites for hydroxylation is 1. The lowest BCUT2D eigenvalue weighted by Crippen LogP contribution is -2.44. The average molecular weight is 389 g/mol. The quantitative estimate of drug-likeness (QED) is 0.769. The highest BCUT2D eigenvalue weighted by atomic mass is 32.2. The molecule has 1 saturated heterocycles. The van der Waals surface area contributed by atoms with Gasteiger partial charge in [0.1, 0.15) is 5.75 Å². The van der Waals surface area contributed by atoms with Crippen LogP contribution in [0, 0.1) is 6.92 Å². The minimum absolute atomic E-state index is 0.160. The number of rotatable bonds is 5. The van der Waals surface area contributed by atoms with Gasteiger partial charge >= 0.3 is 0 Å². The lowest BCUT2D eigenvalue weighted by molar-refractivity contribution is -0.123. The van der Waals surface area contributed by atoms with E-state index in [-0.39, 0.29) is 12.5 Å². The van der Waals surface area contributed by atoms with Gasteiger partial charge < -0.3 is 4.74 Å². The molecule has 136 valence electrons. The van der Waals surface area contributed by atoms with Crippen LogP contribution in [0.2, 0.25) is 0 Å². The lowest BCUT2D eigenvalue weighted by atomic mass is 10.1. The molecule has 0 atom stereocenters. The van der Waals surface area contributed by atoms with Gasteiger partial charge in [0, 0.05) is 22.6 Å². The van der Waals surface area contributed by atoms with E-state index in [4.69, 9.17) is 4.74 Å². The van der Waals surface area contributed by atoms with Crippen molar-refractivity contribution in [3.8, 4) is 5.75 Å². The Morgan fingerprint density at radius 3 is 2.50 bits per heavy atom. The van der Waals surface area contributed by atoms with Gasteiger partial charge in [-0.3, -0.25) is 20.4 Å². The SMILES string of the molecule is Cc1ccccc1C(=O)NNC(=O)COc1ccccc1C1SCCS1. The van der Waals surface area contributed by atoms with Crippen LogP contribution in [0.4, 0.5) is 0 Å². The van der Waals surface area contributed by atoms with Gasteiger partial charge in [-0.05, 0) is 24.6 Å². The van der Waals surface area contributed by atoms with Crippen molar-refractivity contribution in [2.45, 2.75) is 11.5 Å². The number of para-hydroxylation sites is 1. The van der Waals surface area contributed by atoms with E-state index in [0.29, 0.717) is 15.9 Å². The van der Waals surface area contributed by atoms with Gasteiger partial charge in [-0.1, -0.05) is 36.4 Å². The predicted molar refractivity (Wildman–Crippen MR) is 106 cm³/mol. The Balaban J connectivity index is 1.52. The Morgan fingerprint density at radius 2 is 1.73 bits per heavy atom. The molecule has 3 rings (SSSR count). The number of nitrogens with one attached hydrogen (secondary N) is 2. The van der Waals surface area contributed by atoms with Gasteiger partial charge in [-0.2, -0.15) is 0 Å². The van der Waals surface area contributed by atoms with E-state index in [1.165, 1.54) is 0 Å². The van der Waals surface area contributed by atoms with Crippen molar-refractivity contribution in [2.75, 3.05) is 18.1 Å². The number of hydrazine groups is 1. The Bertz CT molecular complexity index is 792. The smallest absolute Gasteiger partial charge is 0.276 e. The van der Waals surface area contributed by atoms with Gasteiger partial charge in [0.25, 0.3) is 11.8 Å². The molecule has 1 fully saturated rings. The topological polar surface area (TPSA) is 67.4 Å². The molecule has 0 saturated carbocycles. The number of benzene rings is 2. The van der Waals surface area contributed by atoms with Crippen LogP contribution in [0.15, 0.2) is 48.5 Å². The van der Waals surface area contributed by atoms with Crippen molar-refractivity contribution < 1.29 is 14.3 Å². The maximum absolute atomic E-state index is 12.1. The number of hydrogen-bond acceptors (Lipinski definition) is 5. The Morgan fingerprint density at radius 1 is 1.04 bits per heavy atom. The van der Waals surface area contributed by atoms with Crippen molar-refractivity contribution in [3.63, 3.8) is 0 Å². The fourth-order valence-electron chi connectivity index (χ4n) is 2.55. The van der Waals surface area contributed by atoms with Crippen molar-refractivity contribution in [3.05, 3.63) is 65.2 Å². The van der Waals surface area contributed by atoms with Crippen LogP contribution in [0.1, 0.15) is 26.1 Å². The van der Waals surface area contributed by atoms with Crippen LogP contribution >= 0.6 is 23.5 Å². The standard InChI is InChI=1S/C19H20N2O3S2/c1-13-6-2-3-7-14(13)18(23)21-20-17(22)12-24-16-9-5-4-8-15(16)19-25-10-11-26-19/h2-9,19H,10-12H2,1H3,(H,20,22)(H,21,23). The summed E-state index contributed by atoms with van der Waals surface area (Å²) in [4.78, 5) is 24.1. The van der Waals surface area contributed by atoms with Crippen LogP contribution in [0.25, 0.3) is 0 Å². The molecule has 0 aromatic heterocycles. The van der Waals surface area contributed by atoms with E-state index >= 15 is 0 Å². The summed E-state index contributed by atoms with van der Waals surface area (Å²) in [6, 6.07) is 15.0. The Hall–Kier alpha value is -2.12. The van der Waals surface area contributed by atoms with E-state index in [9.17, 15) is 9.59 Å². The molecule has 26 heavy (non-hydrogen) atoms. The normalized spacial score (nSPS) is 14.0. The molecule has 0 radical (unpaired) electrons. The number of carbonyl (C=O) groups is 2. The minimum Gasteiger partial charge on any atom is -0.483 e. The highest BCUT2D eigenvalue weighted by Gasteiger charge is 2.22. The lowest BCUT2D eigenvalue weighted by Gasteiger charge is -2.15. The van der Waals surface area contributed by atoms with Crippen LogP contribution in [0.3, 0.4) is 0 Å². The molecular formula is C19H20N2O3S2. The third kappa shape index (κ3) is 4.74. The molecule has 2 amide bonds. The number of thioether (sulfide) groups is 2. The first-order valence-corrected chi connectivity index (χ1v) is 10.3. The number of amides is 2. The Labute approximate surface area is 161 Å². The van der Waals surface area contributed by atoms with Crippen molar-refractivity contribution >= 4 is 35.3 Å². The predicted octanol–water partition coefficient (Wildman–Crippen LogP) is 3.31. The first kappa shape index (κ1) is 18.7. The molecule has 2 aromatic rings. The molecule has 0 unspecified atom stereocenters. The van der Waals surface area contributed by atoms with Gasteiger partial charge in [0.15, 0.2) is 6.61 Å². The van der Waals surface area contributed by atoms with Crippen molar-refractivity contribution in [1.82, 2.24) is 10.9 Å². The zero-order chi connectivity index (χ0) is 18.4. The summed E-state index contributed by atoms with van der Waals surface area (Å²) in [6.45, 7) is 1.68. The third-order valence-corrected chi connectivity index (χ3v) is 6.93. The molecule has 2 N–H and O–H groups in total. The van der Waals surface area contributed by atoms with Gasteiger partial charge in [-0.25, -0.2) is 0 Å². The highest BCUT2D eigenvalue weighted by Crippen LogP contribution is 2.48. The number of carbonyl (C=O) groups excluding carboxylic acids is 2. The minimum atomic E-state index is -0.409. The van der Waals surface area contributed by atoms with Crippen molar-refractivity contribution in [1.29, 1.82) is 0 Å². The molecule has 1 aliphatic heterocycles. The van der Waals surface area contributed by atoms with E-state index in [1.807, 2.05) is 66.8 Å². The molecule has 2 aromatic carbocycles. The summed E-state index contributed by atoms with van der Waals surface area (Å²) in [6.07, 6.45) is 0. The molecule has 5 nitrogen and oxygen atoms in total. The van der Waals surface area contributed by atoms with Gasteiger partial charge in [0.2, 0.25) is 0 Å². The summed E-state index contributed by atoms with van der Waals surface area (Å²) in [5.41, 5.74) is 7.27. The van der Waals surface area contributed by atoms with Gasteiger partial charge in [0.05, 0.1) is 4.58 Å². The molecule has 0 aliphatic carbocycles. The Kier molecular flexibility index (Phi) is 6.46. The van der Waals surface area contributed by atoms with Crippen LogP contribution in [-0.2, 0) is 4.79 Å². The van der Waals surface area contributed by atoms with Crippen molar-refractivity contribution in [2.24, 2.45) is 0 Å². The second-order valence-corrected chi connectivity index (χ2v) is 8.44. The first-order valence-electron chi connectivity index (χ1n) is 8.25. The molecule has 0 spiro atoms. The fourth-order valence-corrected chi connectivity index (χ4v) is 5.45. The van der Waals surface area contributed by atoms with Gasteiger partial charge in [-0.15, -0.1) is 23.5 Å². The monoisotopic (exact) mass is 388 g/mol. The summed E-state index contributed by atoms with van der Waals surface area (Å²) < 4.78 is 6.03. The van der Waals surface area contributed by atoms with Crippen LogP contribution in [-0.4, -0.2) is 29.9 Å². The maximum atomic E-state index is 12.1. The fraction of sp³-hybridized carbons (Fsp3) is 0.263. The van der Waals surface area contributed by atoms with Crippen LogP contribution < -0.4 is 15.6 Å². The number of ether oxygens (including phenoxy) is 1. The average Bonchev–Trinajstić information content (AvgIpc) is 3.19. The summed E-state index contributed by atoms with van der Waals surface area (Å²) in [5, 5.41) is 0. The maximum Gasteiger partial charge on any atom is 0.276 e. The summed E-state index contributed by atoms with van der Waals surface area (Å²) in [5.74, 6) is 2.19. The first-order chi connectivity index (χ1) is 12.6. The van der Waals surface area contributed by atoms with Crippen LogP contribution in [0.5, 0.6) is 5.75 Å². The highest BCUT2D eigenvalue weighted by molar-refractivity contribution is 8.19. The zero-order valence-corrected chi connectivity index (χ0v) is 16.0. The molecular weight excluding hydrogens is 368 g/mol.